The van der Waals surface area contributed by atoms with Crippen LogP contribution in [0.2, 0.25) is 0 Å². The van der Waals surface area contributed by atoms with Gasteiger partial charge in [0, 0.05) is 17.3 Å². The first-order chi connectivity index (χ1) is 17.9. The number of aliphatic hydroxyl groups excluding tert-OH is 1. The van der Waals surface area contributed by atoms with Crippen LogP contribution in [-0.2, 0) is 19.1 Å². The van der Waals surface area contributed by atoms with Crippen molar-refractivity contribution in [3.05, 3.63) is 11.3 Å². The summed E-state index contributed by atoms with van der Waals surface area (Å²) in [4.78, 5) is 26.8. The maximum absolute atomic E-state index is 13.6. The number of hydrogen-bond donors (Lipinski definition) is 1. The van der Waals surface area contributed by atoms with E-state index < -0.39 is 10.8 Å². The molecule has 0 aromatic carbocycles. The van der Waals surface area contributed by atoms with Crippen molar-refractivity contribution >= 4 is 11.9 Å². The SMILES string of the molecule is COC(=O)[C@@]1(C)CCC(C)(C)CCC2OC(=O)C[C@@H]3[C@@]4(C)CC(C#N)=C(O)C(C)(C)[C@@H]4CC[C@@]3(C)[C@]2(C)CC1. The zero-order chi connectivity index (χ0) is 29.2. The second kappa shape index (κ2) is 9.52. The average molecular weight is 542 g/mol. The maximum Gasteiger partial charge on any atom is 0.311 e. The molecule has 0 bridgehead atoms. The van der Waals surface area contributed by atoms with E-state index in [1.807, 2.05) is 6.92 Å². The molecule has 1 unspecified atom stereocenters. The van der Waals surface area contributed by atoms with Crippen LogP contribution >= 0.6 is 0 Å². The minimum Gasteiger partial charge on any atom is -0.511 e. The standard InChI is InChI=1S/C33H51NO5/c1-28(2)12-11-24-33(8,17-16-30(5,15-14-28)27(37)38-9)32(7)13-10-22-29(3,4)26(36)21(20-34)19-31(22,6)23(32)18-25(35)39-24/h22-24,36H,10-19H2,1-9H3/t22-,23+,24?,30-,31-,32+,33+/m0/s1. The number of carbonyl (C=O) groups is 2. The minimum absolute atomic E-state index is 0.00754. The van der Waals surface area contributed by atoms with E-state index in [1.165, 1.54) is 7.11 Å². The Hall–Kier alpha value is -2.03. The largest absolute Gasteiger partial charge is 0.511 e. The molecular weight excluding hydrogens is 490 g/mol. The van der Waals surface area contributed by atoms with Crippen LogP contribution in [0, 0.1) is 55.7 Å². The molecule has 4 aliphatic rings. The van der Waals surface area contributed by atoms with Gasteiger partial charge in [0.05, 0.1) is 24.2 Å². The van der Waals surface area contributed by atoms with Gasteiger partial charge in [0.15, 0.2) is 0 Å². The smallest absolute Gasteiger partial charge is 0.311 e. The second-order valence-corrected chi connectivity index (χ2v) is 15.8. The van der Waals surface area contributed by atoms with Gasteiger partial charge in [-0.25, -0.2) is 0 Å². The Labute approximate surface area is 235 Å². The van der Waals surface area contributed by atoms with Gasteiger partial charge in [-0.3, -0.25) is 9.59 Å². The predicted octanol–water partition coefficient (Wildman–Crippen LogP) is 7.67. The number of nitriles is 1. The molecule has 39 heavy (non-hydrogen) atoms. The van der Waals surface area contributed by atoms with Crippen molar-refractivity contribution in [2.24, 2.45) is 44.3 Å². The van der Waals surface area contributed by atoms with Gasteiger partial charge in [-0.05, 0) is 92.8 Å². The first kappa shape index (κ1) is 29.9. The highest BCUT2D eigenvalue weighted by Crippen LogP contribution is 2.71. The van der Waals surface area contributed by atoms with Crippen LogP contribution in [-0.4, -0.2) is 30.3 Å². The molecule has 3 aliphatic carbocycles. The molecule has 6 nitrogen and oxygen atoms in total. The fourth-order valence-corrected chi connectivity index (χ4v) is 9.67. The lowest BCUT2D eigenvalue weighted by Gasteiger charge is -2.65. The summed E-state index contributed by atoms with van der Waals surface area (Å²) >= 11 is 0. The van der Waals surface area contributed by atoms with Gasteiger partial charge >= 0.3 is 11.9 Å². The maximum atomic E-state index is 13.6. The van der Waals surface area contributed by atoms with Crippen LogP contribution in [0.25, 0.3) is 0 Å². The number of methoxy groups -OCH3 is 1. The third-order valence-electron chi connectivity index (χ3n) is 12.7. The number of rotatable bonds is 1. The van der Waals surface area contributed by atoms with Crippen molar-refractivity contribution < 1.29 is 24.2 Å². The van der Waals surface area contributed by atoms with Crippen molar-refractivity contribution in [1.82, 2.24) is 0 Å². The molecule has 0 spiro atoms. The lowest BCUT2D eigenvalue weighted by molar-refractivity contribution is -0.179. The van der Waals surface area contributed by atoms with Gasteiger partial charge < -0.3 is 14.6 Å². The summed E-state index contributed by atoms with van der Waals surface area (Å²) in [6, 6.07) is 2.30. The molecule has 7 atom stereocenters. The predicted molar refractivity (Wildman–Crippen MR) is 150 cm³/mol. The Morgan fingerprint density at radius 2 is 1.56 bits per heavy atom. The normalized spacial score (nSPS) is 43.9. The molecule has 0 amide bonds. The van der Waals surface area contributed by atoms with Crippen LogP contribution < -0.4 is 0 Å². The topological polar surface area (TPSA) is 96.6 Å². The van der Waals surface area contributed by atoms with E-state index in [9.17, 15) is 20.0 Å². The molecule has 218 valence electrons. The summed E-state index contributed by atoms with van der Waals surface area (Å²) in [6.45, 7) is 17.6. The highest BCUT2D eigenvalue weighted by Gasteiger charge is 2.67. The Kier molecular flexibility index (Phi) is 7.31. The monoisotopic (exact) mass is 541 g/mol. The Morgan fingerprint density at radius 3 is 2.18 bits per heavy atom. The van der Waals surface area contributed by atoms with Crippen molar-refractivity contribution in [2.45, 2.75) is 126 Å². The Bertz CT molecular complexity index is 1100. The molecule has 4 rings (SSSR count). The third-order valence-corrected chi connectivity index (χ3v) is 12.7. The van der Waals surface area contributed by atoms with E-state index in [1.54, 1.807) is 0 Å². The number of aliphatic hydroxyl groups is 1. The molecule has 0 aromatic rings. The Morgan fingerprint density at radius 1 is 0.923 bits per heavy atom. The van der Waals surface area contributed by atoms with E-state index in [2.05, 4.69) is 54.5 Å². The Balaban J connectivity index is 1.86. The molecular formula is C33H51NO5. The van der Waals surface area contributed by atoms with Crippen molar-refractivity contribution in [3.63, 3.8) is 0 Å². The number of hydrogen-bond acceptors (Lipinski definition) is 6. The van der Waals surface area contributed by atoms with Crippen LogP contribution in [0.15, 0.2) is 11.3 Å². The molecule has 3 fully saturated rings. The summed E-state index contributed by atoms with van der Waals surface area (Å²) in [5.41, 5.74) is -1.64. The van der Waals surface area contributed by atoms with Crippen molar-refractivity contribution in [1.29, 1.82) is 5.26 Å². The summed E-state index contributed by atoms with van der Waals surface area (Å²) in [6.07, 6.45) is 7.24. The fourth-order valence-electron chi connectivity index (χ4n) is 9.67. The van der Waals surface area contributed by atoms with Crippen LogP contribution in [0.5, 0.6) is 0 Å². The van der Waals surface area contributed by atoms with Crippen molar-refractivity contribution in [2.75, 3.05) is 7.11 Å². The highest BCUT2D eigenvalue weighted by atomic mass is 16.5. The first-order valence-corrected chi connectivity index (χ1v) is 15.0. The van der Waals surface area contributed by atoms with Gasteiger partial charge in [-0.15, -0.1) is 0 Å². The van der Waals surface area contributed by atoms with Gasteiger partial charge in [-0.2, -0.15) is 5.26 Å². The van der Waals surface area contributed by atoms with Gasteiger partial charge in [0.25, 0.3) is 0 Å². The zero-order valence-electron chi connectivity index (χ0n) is 25.8. The number of allylic oxidation sites excluding steroid dienone is 2. The quantitative estimate of drug-likeness (QED) is 0.342. The highest BCUT2D eigenvalue weighted by molar-refractivity contribution is 5.76. The third kappa shape index (κ3) is 4.51. The van der Waals surface area contributed by atoms with E-state index in [0.29, 0.717) is 24.8 Å². The lowest BCUT2D eigenvalue weighted by Crippen LogP contribution is -2.61. The molecule has 1 N–H and O–H groups in total. The molecule has 0 aromatic heterocycles. The van der Waals surface area contributed by atoms with Crippen LogP contribution in [0.1, 0.15) is 120 Å². The van der Waals surface area contributed by atoms with Gasteiger partial charge in [-0.1, -0.05) is 48.5 Å². The summed E-state index contributed by atoms with van der Waals surface area (Å²) in [7, 11) is 1.48. The molecule has 1 heterocycles. The molecule has 0 radical (unpaired) electrons. The molecule has 2 saturated carbocycles. The first-order valence-electron chi connectivity index (χ1n) is 15.0. The van der Waals surface area contributed by atoms with Crippen molar-refractivity contribution in [3.8, 4) is 6.07 Å². The number of carbonyl (C=O) groups excluding carboxylic acids is 2. The van der Waals surface area contributed by atoms with Gasteiger partial charge in [0.2, 0.25) is 0 Å². The van der Waals surface area contributed by atoms with E-state index in [0.717, 1.165) is 44.9 Å². The number of ether oxygens (including phenoxy) is 2. The lowest BCUT2D eigenvalue weighted by atomic mass is 9.38. The summed E-state index contributed by atoms with van der Waals surface area (Å²) in [5.74, 6) is 0.0400. The zero-order valence-corrected chi connectivity index (χ0v) is 25.8. The van der Waals surface area contributed by atoms with E-state index in [4.69, 9.17) is 9.47 Å². The van der Waals surface area contributed by atoms with Gasteiger partial charge in [0.1, 0.15) is 11.9 Å². The molecule has 1 aliphatic heterocycles. The minimum atomic E-state index is -0.602. The molecule has 1 saturated heterocycles. The van der Waals surface area contributed by atoms with Crippen LogP contribution in [0.3, 0.4) is 0 Å². The summed E-state index contributed by atoms with van der Waals surface area (Å²) < 4.78 is 11.8. The molecule has 6 heteroatoms. The number of fused-ring (bicyclic) bond motifs is 5. The second-order valence-electron chi connectivity index (χ2n) is 15.8. The summed E-state index contributed by atoms with van der Waals surface area (Å²) in [5, 5.41) is 21.1. The van der Waals surface area contributed by atoms with E-state index in [-0.39, 0.29) is 57.3 Å². The average Bonchev–Trinajstić information content (AvgIpc) is 2.95. The fraction of sp³-hybridized carbons (Fsp3) is 0.848. The van der Waals surface area contributed by atoms with Crippen LogP contribution in [0.4, 0.5) is 0 Å². The number of nitrogens with zero attached hydrogens (tertiary/aromatic N) is 1. The van der Waals surface area contributed by atoms with E-state index >= 15 is 0 Å². The number of esters is 2.